The minimum Gasteiger partial charge on any atom is -0.316 e. The number of benzene rings is 3. The highest BCUT2D eigenvalue weighted by Gasteiger charge is 2.10. The lowest BCUT2D eigenvalue weighted by Crippen LogP contribution is -1.90. The maximum absolute atomic E-state index is 3.20. The van der Waals surface area contributed by atoms with E-state index in [1.165, 1.54) is 27.7 Å². The number of para-hydroxylation sites is 1. The van der Waals surface area contributed by atoms with Gasteiger partial charge in [-0.15, -0.1) is 0 Å². The first-order chi connectivity index (χ1) is 10.4. The van der Waals surface area contributed by atoms with Crippen LogP contribution >= 0.6 is 0 Å². The average Bonchev–Trinajstić information content (AvgIpc) is 2.96. The maximum Gasteiger partial charge on any atom is 0.0535 e. The van der Waals surface area contributed by atoms with Gasteiger partial charge in [0, 0.05) is 22.8 Å². The third-order valence-electron chi connectivity index (χ3n) is 3.77. The van der Waals surface area contributed by atoms with Crippen molar-refractivity contribution in [2.45, 2.75) is 0 Å². The van der Waals surface area contributed by atoms with Gasteiger partial charge >= 0.3 is 0 Å². The standard InChI is InChI=1S/C20H14N/c1-3-9-16(10-4-1)19-15-21(17-11-5-2-6-12-17)20-14-8-7-13-18(19)20/h1-6,8-15H. The highest BCUT2D eigenvalue weighted by Crippen LogP contribution is 2.32. The maximum atomic E-state index is 3.20. The Hall–Kier alpha value is -2.80. The molecule has 4 aromatic rings. The van der Waals surface area contributed by atoms with Crippen molar-refractivity contribution in [2.75, 3.05) is 0 Å². The van der Waals surface area contributed by atoms with Crippen LogP contribution in [0.5, 0.6) is 0 Å². The predicted octanol–water partition coefficient (Wildman–Crippen LogP) is 5.10. The summed E-state index contributed by atoms with van der Waals surface area (Å²) in [4.78, 5) is 0. The van der Waals surface area contributed by atoms with Gasteiger partial charge in [0.1, 0.15) is 0 Å². The molecule has 1 heteroatoms. The zero-order valence-electron chi connectivity index (χ0n) is 11.5. The lowest BCUT2D eigenvalue weighted by molar-refractivity contribution is 1.13. The summed E-state index contributed by atoms with van der Waals surface area (Å²) in [6.07, 6.45) is 2.21. The van der Waals surface area contributed by atoms with Crippen molar-refractivity contribution in [1.29, 1.82) is 0 Å². The van der Waals surface area contributed by atoms with Crippen molar-refractivity contribution in [1.82, 2.24) is 4.57 Å². The number of hydrogen-bond donors (Lipinski definition) is 0. The molecule has 0 amide bonds. The van der Waals surface area contributed by atoms with Gasteiger partial charge in [-0.1, -0.05) is 54.6 Å². The van der Waals surface area contributed by atoms with Crippen molar-refractivity contribution in [2.24, 2.45) is 0 Å². The Morgan fingerprint density at radius 1 is 0.762 bits per heavy atom. The second-order valence-corrected chi connectivity index (χ2v) is 5.06. The number of aromatic nitrogens is 1. The molecule has 0 N–H and O–H groups in total. The van der Waals surface area contributed by atoms with Crippen LogP contribution in [-0.2, 0) is 0 Å². The summed E-state index contributed by atoms with van der Waals surface area (Å²) < 4.78 is 2.24. The van der Waals surface area contributed by atoms with Crippen LogP contribution in [-0.4, -0.2) is 4.57 Å². The van der Waals surface area contributed by atoms with Crippen molar-refractivity contribution in [3.05, 3.63) is 91.1 Å². The van der Waals surface area contributed by atoms with E-state index in [1.54, 1.807) is 0 Å². The molecule has 0 aliphatic carbocycles. The van der Waals surface area contributed by atoms with Gasteiger partial charge in [0.05, 0.1) is 5.52 Å². The normalized spacial score (nSPS) is 10.9. The van der Waals surface area contributed by atoms with Crippen molar-refractivity contribution in [3.8, 4) is 16.8 Å². The average molecular weight is 268 g/mol. The summed E-state index contributed by atoms with van der Waals surface area (Å²) in [5, 5.41) is 1.23. The van der Waals surface area contributed by atoms with Gasteiger partial charge in [0.25, 0.3) is 0 Å². The lowest BCUT2D eigenvalue weighted by atomic mass is 10.1. The van der Waals surface area contributed by atoms with Crippen LogP contribution in [0, 0.1) is 6.07 Å². The third-order valence-corrected chi connectivity index (χ3v) is 3.77. The molecule has 1 nitrogen and oxygen atoms in total. The molecule has 99 valence electrons. The van der Waals surface area contributed by atoms with Crippen molar-refractivity contribution < 1.29 is 0 Å². The molecule has 1 aromatic heterocycles. The monoisotopic (exact) mass is 268 g/mol. The molecule has 0 fully saturated rings. The Morgan fingerprint density at radius 2 is 1.48 bits per heavy atom. The Labute approximate surface area is 124 Å². The summed E-state index contributed by atoms with van der Waals surface area (Å²) >= 11 is 0. The summed E-state index contributed by atoms with van der Waals surface area (Å²) in [5.41, 5.74) is 4.86. The molecule has 1 radical (unpaired) electrons. The molecule has 0 saturated heterocycles. The molecule has 0 unspecified atom stereocenters. The van der Waals surface area contributed by atoms with Crippen LogP contribution in [0.4, 0.5) is 0 Å². The Kier molecular flexibility index (Phi) is 2.82. The first-order valence-electron chi connectivity index (χ1n) is 7.05. The van der Waals surface area contributed by atoms with E-state index in [-0.39, 0.29) is 0 Å². The van der Waals surface area contributed by atoms with Crippen LogP contribution < -0.4 is 0 Å². The quantitative estimate of drug-likeness (QED) is 0.477. The van der Waals surface area contributed by atoms with Gasteiger partial charge < -0.3 is 4.57 Å². The van der Waals surface area contributed by atoms with Gasteiger partial charge in [-0.2, -0.15) is 0 Å². The van der Waals surface area contributed by atoms with Crippen LogP contribution in [0.2, 0.25) is 0 Å². The second-order valence-electron chi connectivity index (χ2n) is 5.06. The molecule has 0 aliphatic rings. The highest BCUT2D eigenvalue weighted by atomic mass is 15.0. The fourth-order valence-electron chi connectivity index (χ4n) is 2.77. The van der Waals surface area contributed by atoms with Crippen molar-refractivity contribution >= 4 is 10.9 Å². The van der Waals surface area contributed by atoms with Crippen LogP contribution in [0.15, 0.2) is 85.1 Å². The molecule has 0 atom stereocenters. The van der Waals surface area contributed by atoms with Gasteiger partial charge in [0.2, 0.25) is 0 Å². The Morgan fingerprint density at radius 3 is 2.24 bits per heavy atom. The molecule has 0 spiro atoms. The van der Waals surface area contributed by atoms with E-state index in [0.29, 0.717) is 0 Å². The molecule has 3 aromatic carbocycles. The van der Waals surface area contributed by atoms with Gasteiger partial charge in [-0.25, -0.2) is 0 Å². The zero-order chi connectivity index (χ0) is 14.1. The van der Waals surface area contributed by atoms with Crippen LogP contribution in [0.25, 0.3) is 27.7 Å². The minimum absolute atomic E-state index is 1.18. The summed E-state index contributed by atoms with van der Waals surface area (Å²) in [5.74, 6) is 0. The molecule has 4 rings (SSSR count). The van der Waals surface area contributed by atoms with Crippen LogP contribution in [0.1, 0.15) is 0 Å². The Bertz CT molecular complexity index is 800. The Balaban J connectivity index is 2.02. The van der Waals surface area contributed by atoms with Crippen LogP contribution in [0.3, 0.4) is 0 Å². The number of hydrogen-bond acceptors (Lipinski definition) is 0. The smallest absolute Gasteiger partial charge is 0.0535 e. The fraction of sp³-hybridized carbons (Fsp3) is 0. The number of fused-ring (bicyclic) bond motifs is 1. The summed E-state index contributed by atoms with van der Waals surface area (Å²) in [6, 6.07) is 30.3. The molecule has 1 heterocycles. The largest absolute Gasteiger partial charge is 0.316 e. The molecular formula is C20H14N. The summed E-state index contributed by atoms with van der Waals surface area (Å²) in [6.45, 7) is 0. The highest BCUT2D eigenvalue weighted by molar-refractivity contribution is 5.97. The van der Waals surface area contributed by atoms with E-state index in [2.05, 4.69) is 77.5 Å². The van der Waals surface area contributed by atoms with E-state index < -0.39 is 0 Å². The number of rotatable bonds is 2. The topological polar surface area (TPSA) is 4.93 Å². The van der Waals surface area contributed by atoms with Gasteiger partial charge in [-0.3, -0.25) is 0 Å². The first-order valence-corrected chi connectivity index (χ1v) is 7.05. The van der Waals surface area contributed by atoms with Gasteiger partial charge in [0.15, 0.2) is 0 Å². The number of nitrogens with zero attached hydrogens (tertiary/aromatic N) is 1. The van der Waals surface area contributed by atoms with E-state index in [1.807, 2.05) is 18.2 Å². The molecule has 0 aliphatic heterocycles. The molecule has 0 saturated carbocycles. The lowest BCUT2D eigenvalue weighted by Gasteiger charge is -2.04. The van der Waals surface area contributed by atoms with E-state index >= 15 is 0 Å². The summed E-state index contributed by atoms with van der Waals surface area (Å²) in [7, 11) is 0. The second kappa shape index (κ2) is 4.95. The molecule has 0 bridgehead atoms. The van der Waals surface area contributed by atoms with E-state index in [9.17, 15) is 0 Å². The molecular weight excluding hydrogens is 254 g/mol. The van der Waals surface area contributed by atoms with E-state index in [0.717, 1.165) is 0 Å². The minimum atomic E-state index is 1.18. The first kappa shape index (κ1) is 12.0. The fourth-order valence-corrected chi connectivity index (χ4v) is 2.77. The SMILES string of the molecule is [c]1ccc2c(c1)c(-c1ccccc1)cn2-c1ccccc1. The van der Waals surface area contributed by atoms with Gasteiger partial charge in [-0.05, 0) is 35.9 Å². The third kappa shape index (κ3) is 2.03. The van der Waals surface area contributed by atoms with Crippen molar-refractivity contribution in [3.63, 3.8) is 0 Å². The van der Waals surface area contributed by atoms with E-state index in [4.69, 9.17) is 0 Å². The zero-order valence-corrected chi connectivity index (χ0v) is 11.5. The molecule has 21 heavy (non-hydrogen) atoms. The predicted molar refractivity (Wildman–Crippen MR) is 87.5 cm³/mol.